The lowest BCUT2D eigenvalue weighted by Crippen LogP contribution is -2.38. The summed E-state index contributed by atoms with van der Waals surface area (Å²) >= 11 is 0. The number of likely N-dealkylation sites (N-methyl/N-ethyl adjacent to an activating group) is 1. The number of likely N-dealkylation sites (tertiary alicyclic amines) is 1. The molecule has 7 heteroatoms. The molecule has 1 amide bonds. The minimum Gasteiger partial charge on any atom is -0.344 e. The van der Waals surface area contributed by atoms with E-state index in [-0.39, 0.29) is 24.9 Å². The molecule has 0 radical (unpaired) electrons. The zero-order valence-corrected chi connectivity index (χ0v) is 18.6. The van der Waals surface area contributed by atoms with Crippen molar-refractivity contribution in [3.8, 4) is 0 Å². The summed E-state index contributed by atoms with van der Waals surface area (Å²) in [6.45, 7) is 2.93. The number of sulfonamides is 1. The molecule has 0 aliphatic carbocycles. The second kappa shape index (κ2) is 10.2. The van der Waals surface area contributed by atoms with Crippen molar-refractivity contribution in [2.45, 2.75) is 31.8 Å². The van der Waals surface area contributed by atoms with Gasteiger partial charge in [0, 0.05) is 20.1 Å². The Morgan fingerprint density at radius 2 is 1.63 bits per heavy atom. The van der Waals surface area contributed by atoms with Crippen molar-refractivity contribution < 1.29 is 13.2 Å². The normalized spacial score (nSPS) is 15.8. The fraction of sp³-hybridized carbons (Fsp3) is 0.435. The van der Waals surface area contributed by atoms with E-state index in [4.69, 9.17) is 0 Å². The van der Waals surface area contributed by atoms with Crippen molar-refractivity contribution in [2.75, 3.05) is 32.9 Å². The number of amides is 1. The molecular weight excluding hydrogens is 398 g/mol. The Morgan fingerprint density at radius 3 is 2.27 bits per heavy atom. The SMILES string of the molecule is CN(CC(c1ccccc1)N1CCCC1)C(=O)Cc1ccccc1CNS(C)(=O)=O. The number of carbonyl (C=O) groups is 1. The maximum absolute atomic E-state index is 13.0. The molecule has 0 aromatic heterocycles. The number of hydrogen-bond acceptors (Lipinski definition) is 4. The van der Waals surface area contributed by atoms with E-state index in [0.717, 1.165) is 30.5 Å². The molecule has 1 unspecified atom stereocenters. The van der Waals surface area contributed by atoms with Crippen molar-refractivity contribution in [3.05, 3.63) is 71.3 Å². The van der Waals surface area contributed by atoms with E-state index >= 15 is 0 Å². The first-order chi connectivity index (χ1) is 14.3. The van der Waals surface area contributed by atoms with E-state index in [1.165, 1.54) is 18.4 Å². The second-order valence-electron chi connectivity index (χ2n) is 7.98. The number of nitrogens with one attached hydrogen (secondary N) is 1. The van der Waals surface area contributed by atoms with Gasteiger partial charge in [0.2, 0.25) is 15.9 Å². The molecule has 1 saturated heterocycles. The Balaban J connectivity index is 1.69. The van der Waals surface area contributed by atoms with Crippen LogP contribution in [-0.4, -0.2) is 57.1 Å². The summed E-state index contributed by atoms with van der Waals surface area (Å²) in [7, 11) is -1.44. The topological polar surface area (TPSA) is 69.7 Å². The lowest BCUT2D eigenvalue weighted by atomic mass is 10.0. The van der Waals surface area contributed by atoms with Crippen LogP contribution in [0.25, 0.3) is 0 Å². The van der Waals surface area contributed by atoms with Gasteiger partial charge >= 0.3 is 0 Å². The predicted octanol–water partition coefficient (Wildman–Crippen LogP) is 2.57. The zero-order chi connectivity index (χ0) is 21.6. The summed E-state index contributed by atoms with van der Waals surface area (Å²) in [4.78, 5) is 17.3. The van der Waals surface area contributed by atoms with Crippen LogP contribution in [0.4, 0.5) is 0 Å². The molecule has 0 bridgehead atoms. The number of benzene rings is 2. The largest absolute Gasteiger partial charge is 0.344 e. The van der Waals surface area contributed by atoms with Crippen LogP contribution in [0.15, 0.2) is 54.6 Å². The molecule has 6 nitrogen and oxygen atoms in total. The molecule has 162 valence electrons. The van der Waals surface area contributed by atoms with Gasteiger partial charge in [-0.15, -0.1) is 0 Å². The van der Waals surface area contributed by atoms with Crippen molar-refractivity contribution in [2.24, 2.45) is 0 Å². The summed E-state index contributed by atoms with van der Waals surface area (Å²) in [6.07, 6.45) is 3.78. The van der Waals surface area contributed by atoms with E-state index in [0.29, 0.717) is 6.54 Å². The zero-order valence-electron chi connectivity index (χ0n) is 17.8. The first kappa shape index (κ1) is 22.5. The summed E-state index contributed by atoms with van der Waals surface area (Å²) in [6, 6.07) is 18.0. The Bertz CT molecular complexity index is 941. The van der Waals surface area contributed by atoms with Crippen LogP contribution >= 0.6 is 0 Å². The van der Waals surface area contributed by atoms with Gasteiger partial charge in [0.15, 0.2) is 0 Å². The number of hydrogen-bond donors (Lipinski definition) is 1. The Labute approximate surface area is 179 Å². The molecule has 1 aliphatic rings. The predicted molar refractivity (Wildman–Crippen MR) is 119 cm³/mol. The van der Waals surface area contributed by atoms with Crippen molar-refractivity contribution in [3.63, 3.8) is 0 Å². The molecule has 1 atom stereocenters. The molecule has 1 N–H and O–H groups in total. The van der Waals surface area contributed by atoms with Gasteiger partial charge in [-0.05, 0) is 42.6 Å². The fourth-order valence-electron chi connectivity index (χ4n) is 3.93. The van der Waals surface area contributed by atoms with Gasteiger partial charge in [0.05, 0.1) is 18.7 Å². The Morgan fingerprint density at radius 1 is 1.03 bits per heavy atom. The summed E-state index contributed by atoms with van der Waals surface area (Å²) in [5.74, 6) is 0.0296. The van der Waals surface area contributed by atoms with Crippen LogP contribution in [0, 0.1) is 0 Å². The Hall–Kier alpha value is -2.22. The minimum absolute atomic E-state index is 0.0296. The molecule has 3 rings (SSSR count). The van der Waals surface area contributed by atoms with E-state index in [9.17, 15) is 13.2 Å². The fourth-order valence-corrected chi connectivity index (χ4v) is 4.35. The average Bonchev–Trinajstić information content (AvgIpc) is 3.25. The van der Waals surface area contributed by atoms with Crippen molar-refractivity contribution in [1.29, 1.82) is 0 Å². The molecular formula is C23H31N3O3S. The van der Waals surface area contributed by atoms with Crippen LogP contribution in [0.2, 0.25) is 0 Å². The van der Waals surface area contributed by atoms with E-state index in [1.807, 2.05) is 49.5 Å². The third-order valence-corrected chi connectivity index (χ3v) is 6.29. The first-order valence-electron chi connectivity index (χ1n) is 10.4. The van der Waals surface area contributed by atoms with Crippen LogP contribution < -0.4 is 4.72 Å². The van der Waals surface area contributed by atoms with Crippen LogP contribution in [0.5, 0.6) is 0 Å². The molecule has 1 heterocycles. The van der Waals surface area contributed by atoms with Gasteiger partial charge in [-0.1, -0.05) is 54.6 Å². The summed E-state index contributed by atoms with van der Waals surface area (Å²) in [5.41, 5.74) is 2.91. The maximum Gasteiger partial charge on any atom is 0.226 e. The molecule has 2 aromatic rings. The summed E-state index contributed by atoms with van der Waals surface area (Å²) < 4.78 is 25.4. The molecule has 0 saturated carbocycles. The lowest BCUT2D eigenvalue weighted by Gasteiger charge is -2.32. The highest BCUT2D eigenvalue weighted by Crippen LogP contribution is 2.26. The van der Waals surface area contributed by atoms with Crippen LogP contribution in [-0.2, 0) is 27.8 Å². The van der Waals surface area contributed by atoms with Crippen molar-refractivity contribution in [1.82, 2.24) is 14.5 Å². The summed E-state index contributed by atoms with van der Waals surface area (Å²) in [5, 5.41) is 0. The van der Waals surface area contributed by atoms with Gasteiger partial charge < -0.3 is 4.90 Å². The molecule has 30 heavy (non-hydrogen) atoms. The molecule has 1 fully saturated rings. The lowest BCUT2D eigenvalue weighted by molar-refractivity contribution is -0.129. The van der Waals surface area contributed by atoms with Gasteiger partial charge in [-0.3, -0.25) is 9.69 Å². The van der Waals surface area contributed by atoms with Crippen LogP contribution in [0.1, 0.15) is 35.6 Å². The van der Waals surface area contributed by atoms with Gasteiger partial charge in [-0.25, -0.2) is 13.1 Å². The average molecular weight is 430 g/mol. The number of nitrogens with zero attached hydrogens (tertiary/aromatic N) is 2. The van der Waals surface area contributed by atoms with Gasteiger partial charge in [0.25, 0.3) is 0 Å². The highest BCUT2D eigenvalue weighted by molar-refractivity contribution is 7.88. The molecule has 1 aliphatic heterocycles. The van der Waals surface area contributed by atoms with Gasteiger partial charge in [0.1, 0.15) is 0 Å². The standard InChI is InChI=1S/C23H31N3O3S/c1-25(18-22(26-14-8-9-15-26)19-10-4-3-5-11-19)23(27)16-20-12-6-7-13-21(20)17-24-30(2,28)29/h3-7,10-13,22,24H,8-9,14-18H2,1-2H3. The smallest absolute Gasteiger partial charge is 0.226 e. The maximum atomic E-state index is 13.0. The molecule has 2 aromatic carbocycles. The second-order valence-corrected chi connectivity index (χ2v) is 9.82. The molecule has 0 spiro atoms. The first-order valence-corrected chi connectivity index (χ1v) is 12.3. The van der Waals surface area contributed by atoms with Crippen LogP contribution in [0.3, 0.4) is 0 Å². The van der Waals surface area contributed by atoms with E-state index < -0.39 is 10.0 Å². The highest BCUT2D eigenvalue weighted by Gasteiger charge is 2.26. The number of carbonyl (C=O) groups excluding carboxylic acids is 1. The van der Waals surface area contributed by atoms with E-state index in [2.05, 4.69) is 21.8 Å². The minimum atomic E-state index is -3.29. The van der Waals surface area contributed by atoms with Crippen molar-refractivity contribution >= 4 is 15.9 Å². The Kier molecular flexibility index (Phi) is 7.64. The monoisotopic (exact) mass is 429 g/mol. The van der Waals surface area contributed by atoms with Gasteiger partial charge in [-0.2, -0.15) is 0 Å². The third-order valence-electron chi connectivity index (χ3n) is 5.62. The number of rotatable bonds is 9. The van der Waals surface area contributed by atoms with E-state index in [1.54, 1.807) is 4.90 Å². The third kappa shape index (κ3) is 6.39. The quantitative estimate of drug-likeness (QED) is 0.665. The highest BCUT2D eigenvalue weighted by atomic mass is 32.2.